The number of halogens is 1. The summed E-state index contributed by atoms with van der Waals surface area (Å²) in [5.41, 5.74) is 3.28. The number of para-hydroxylation sites is 1. The van der Waals surface area contributed by atoms with Crippen LogP contribution >= 0.6 is 11.6 Å². The molecule has 0 spiro atoms. The van der Waals surface area contributed by atoms with Crippen molar-refractivity contribution < 1.29 is 14.1 Å². The first-order valence-corrected chi connectivity index (χ1v) is 10.1. The van der Waals surface area contributed by atoms with Gasteiger partial charge >= 0.3 is 0 Å². The maximum Gasteiger partial charge on any atom is 0.278 e. The minimum absolute atomic E-state index is 0.175. The maximum absolute atomic E-state index is 12.8. The lowest BCUT2D eigenvalue weighted by atomic mass is 10.2. The first-order valence-electron chi connectivity index (χ1n) is 9.72. The molecule has 0 aliphatic heterocycles. The third-order valence-electron chi connectivity index (χ3n) is 4.85. The lowest BCUT2D eigenvalue weighted by Crippen LogP contribution is -2.15. The van der Waals surface area contributed by atoms with Crippen LogP contribution in [0.5, 0.6) is 5.75 Å². The number of nitrogens with zero attached hydrogens (tertiary/aromatic N) is 3. The van der Waals surface area contributed by atoms with Crippen LogP contribution in [0.25, 0.3) is 0 Å². The van der Waals surface area contributed by atoms with Crippen LogP contribution in [-0.4, -0.2) is 20.8 Å². The Morgan fingerprint density at radius 3 is 2.74 bits per heavy atom. The number of benzene rings is 2. The van der Waals surface area contributed by atoms with Gasteiger partial charge in [-0.05, 0) is 37.1 Å². The van der Waals surface area contributed by atoms with Gasteiger partial charge in [-0.15, -0.1) is 0 Å². The number of nitrogens with one attached hydrogen (secondary N) is 1. The highest BCUT2D eigenvalue weighted by Crippen LogP contribution is 2.22. The normalized spacial score (nSPS) is 10.8. The molecule has 0 saturated heterocycles. The molecule has 1 N–H and O–H groups in total. The van der Waals surface area contributed by atoms with Gasteiger partial charge in [0.25, 0.3) is 5.91 Å². The molecule has 1 amide bonds. The number of rotatable bonds is 7. The molecule has 0 aliphatic carbocycles. The minimum atomic E-state index is -0.391. The smallest absolute Gasteiger partial charge is 0.278 e. The minimum Gasteiger partial charge on any atom is -0.488 e. The summed E-state index contributed by atoms with van der Waals surface area (Å²) in [5.74, 6) is 0.890. The Morgan fingerprint density at radius 2 is 1.94 bits per heavy atom. The van der Waals surface area contributed by atoms with Gasteiger partial charge in [0.1, 0.15) is 18.1 Å². The SMILES string of the molecule is Cc1ccccc1OCc1c(C(=O)Nc2cnn(Cc3ccccc3Cl)c2)noc1C. The summed E-state index contributed by atoms with van der Waals surface area (Å²) in [4.78, 5) is 12.8. The van der Waals surface area contributed by atoms with E-state index in [1.165, 1.54) is 0 Å². The van der Waals surface area contributed by atoms with E-state index >= 15 is 0 Å². The highest BCUT2D eigenvalue weighted by molar-refractivity contribution is 6.31. The molecule has 0 radical (unpaired) electrons. The van der Waals surface area contributed by atoms with Crippen molar-refractivity contribution in [2.24, 2.45) is 0 Å². The summed E-state index contributed by atoms with van der Waals surface area (Å²) in [6, 6.07) is 15.2. The van der Waals surface area contributed by atoms with Crippen LogP contribution in [0.15, 0.2) is 65.4 Å². The number of amides is 1. The molecule has 31 heavy (non-hydrogen) atoms. The lowest BCUT2D eigenvalue weighted by Gasteiger charge is -2.09. The molecule has 0 unspecified atom stereocenters. The molecule has 158 valence electrons. The maximum atomic E-state index is 12.8. The van der Waals surface area contributed by atoms with E-state index in [-0.39, 0.29) is 12.3 Å². The summed E-state index contributed by atoms with van der Waals surface area (Å²) >= 11 is 6.21. The van der Waals surface area contributed by atoms with Crippen molar-refractivity contribution in [3.8, 4) is 5.75 Å². The van der Waals surface area contributed by atoms with Crippen LogP contribution in [0.1, 0.15) is 32.9 Å². The van der Waals surface area contributed by atoms with Crippen molar-refractivity contribution in [2.75, 3.05) is 5.32 Å². The van der Waals surface area contributed by atoms with Crippen LogP contribution in [0.2, 0.25) is 5.02 Å². The Hall–Kier alpha value is -3.58. The quantitative estimate of drug-likeness (QED) is 0.439. The van der Waals surface area contributed by atoms with E-state index in [0.29, 0.717) is 28.6 Å². The van der Waals surface area contributed by atoms with Crippen LogP contribution < -0.4 is 10.1 Å². The fourth-order valence-electron chi connectivity index (χ4n) is 3.11. The number of hydrogen-bond acceptors (Lipinski definition) is 5. The van der Waals surface area contributed by atoms with Gasteiger partial charge in [0, 0.05) is 11.2 Å². The topological polar surface area (TPSA) is 82.2 Å². The van der Waals surface area contributed by atoms with Crippen molar-refractivity contribution in [3.05, 3.63) is 94.1 Å². The van der Waals surface area contributed by atoms with Crippen molar-refractivity contribution in [2.45, 2.75) is 27.0 Å². The summed E-state index contributed by atoms with van der Waals surface area (Å²) in [6.07, 6.45) is 3.31. The van der Waals surface area contributed by atoms with Crippen LogP contribution in [0.4, 0.5) is 5.69 Å². The molecule has 2 aromatic carbocycles. The third-order valence-corrected chi connectivity index (χ3v) is 5.22. The number of aryl methyl sites for hydroxylation is 2. The Balaban J connectivity index is 1.44. The fraction of sp³-hybridized carbons (Fsp3) is 0.174. The Kier molecular flexibility index (Phi) is 6.04. The Bertz CT molecular complexity index is 1220. The summed E-state index contributed by atoms with van der Waals surface area (Å²) in [6.45, 7) is 4.38. The molecule has 8 heteroatoms. The number of ether oxygens (including phenoxy) is 1. The zero-order valence-corrected chi connectivity index (χ0v) is 17.9. The van der Waals surface area contributed by atoms with Gasteiger partial charge in [0.05, 0.1) is 24.0 Å². The lowest BCUT2D eigenvalue weighted by molar-refractivity contribution is 0.101. The highest BCUT2D eigenvalue weighted by Gasteiger charge is 2.21. The van der Waals surface area contributed by atoms with E-state index in [4.69, 9.17) is 20.9 Å². The fourth-order valence-corrected chi connectivity index (χ4v) is 3.31. The summed E-state index contributed by atoms with van der Waals surface area (Å²) < 4.78 is 12.8. The molecule has 0 saturated carbocycles. The van der Waals surface area contributed by atoms with E-state index in [2.05, 4.69) is 15.6 Å². The van der Waals surface area contributed by atoms with E-state index < -0.39 is 5.91 Å². The Labute approximate surface area is 184 Å². The van der Waals surface area contributed by atoms with Gasteiger partial charge in [-0.3, -0.25) is 9.48 Å². The Morgan fingerprint density at radius 1 is 1.16 bits per heavy atom. The molecular formula is C23H21ClN4O3. The number of anilines is 1. The second-order valence-electron chi connectivity index (χ2n) is 7.09. The molecular weight excluding hydrogens is 416 g/mol. The molecule has 0 fully saturated rings. The first-order chi connectivity index (χ1) is 15.0. The van der Waals surface area contributed by atoms with Gasteiger partial charge in [-0.1, -0.05) is 53.2 Å². The van der Waals surface area contributed by atoms with Crippen molar-refractivity contribution in [3.63, 3.8) is 0 Å². The van der Waals surface area contributed by atoms with E-state index in [1.807, 2.05) is 55.5 Å². The second-order valence-corrected chi connectivity index (χ2v) is 7.50. The molecule has 0 aliphatic rings. The number of aromatic nitrogens is 3. The van der Waals surface area contributed by atoms with E-state index in [9.17, 15) is 4.79 Å². The molecule has 2 heterocycles. The summed E-state index contributed by atoms with van der Waals surface area (Å²) in [5, 5.41) is 11.7. The standard InChI is InChI=1S/C23H21ClN4O3/c1-15-7-3-6-10-21(15)30-14-19-16(2)31-27-22(19)23(29)26-18-11-25-28(13-18)12-17-8-4-5-9-20(17)24/h3-11,13H,12,14H2,1-2H3,(H,26,29). The largest absolute Gasteiger partial charge is 0.488 e. The van der Waals surface area contributed by atoms with Crippen LogP contribution in [0, 0.1) is 13.8 Å². The number of carbonyl (C=O) groups excluding carboxylic acids is 1. The molecule has 4 rings (SSSR count). The van der Waals surface area contributed by atoms with Crippen molar-refractivity contribution >= 4 is 23.2 Å². The van der Waals surface area contributed by atoms with Gasteiger partial charge in [0.15, 0.2) is 5.69 Å². The van der Waals surface area contributed by atoms with Gasteiger partial charge in [-0.25, -0.2) is 0 Å². The molecule has 4 aromatic rings. The van der Waals surface area contributed by atoms with E-state index in [0.717, 1.165) is 16.9 Å². The average Bonchev–Trinajstić information content (AvgIpc) is 3.35. The van der Waals surface area contributed by atoms with Crippen LogP contribution in [0.3, 0.4) is 0 Å². The molecule has 0 atom stereocenters. The monoisotopic (exact) mass is 436 g/mol. The first kappa shape index (κ1) is 20.7. The second kappa shape index (κ2) is 9.06. The van der Waals surface area contributed by atoms with Crippen molar-refractivity contribution in [1.29, 1.82) is 0 Å². The van der Waals surface area contributed by atoms with Crippen LogP contribution in [-0.2, 0) is 13.2 Å². The average molecular weight is 437 g/mol. The van der Waals surface area contributed by atoms with Gasteiger partial charge < -0.3 is 14.6 Å². The predicted molar refractivity (Wildman–Crippen MR) is 117 cm³/mol. The number of carbonyl (C=O) groups is 1. The summed E-state index contributed by atoms with van der Waals surface area (Å²) in [7, 11) is 0. The zero-order chi connectivity index (χ0) is 21.8. The van der Waals surface area contributed by atoms with Gasteiger partial charge in [0.2, 0.25) is 0 Å². The number of hydrogen-bond donors (Lipinski definition) is 1. The van der Waals surface area contributed by atoms with Gasteiger partial charge in [-0.2, -0.15) is 5.10 Å². The predicted octanol–water partition coefficient (Wildman–Crippen LogP) is 5.02. The van der Waals surface area contributed by atoms with E-state index in [1.54, 1.807) is 24.0 Å². The highest BCUT2D eigenvalue weighted by atomic mass is 35.5. The molecule has 0 bridgehead atoms. The molecule has 2 aromatic heterocycles. The third kappa shape index (κ3) is 4.78. The zero-order valence-electron chi connectivity index (χ0n) is 17.1. The molecule has 7 nitrogen and oxygen atoms in total. The van der Waals surface area contributed by atoms with Crippen molar-refractivity contribution in [1.82, 2.24) is 14.9 Å².